The first kappa shape index (κ1) is 13.8. The fourth-order valence-corrected chi connectivity index (χ4v) is 0.644. The Balaban J connectivity index is 0. The molecule has 0 spiro atoms. The predicted molar refractivity (Wildman–Crippen MR) is 45.4 cm³/mol. The second-order valence-electron chi connectivity index (χ2n) is 2.01. The van der Waals surface area contributed by atoms with E-state index >= 15 is 0 Å². The molecule has 0 aromatic rings. The first-order valence-corrected chi connectivity index (χ1v) is 3.22. The molecule has 0 fully saturated rings. The summed E-state index contributed by atoms with van der Waals surface area (Å²) in [6.07, 6.45) is 1.52. The van der Waals surface area contributed by atoms with Crippen molar-refractivity contribution in [2.24, 2.45) is 0 Å². The summed E-state index contributed by atoms with van der Waals surface area (Å²) < 4.78 is 0. The summed E-state index contributed by atoms with van der Waals surface area (Å²) in [6, 6.07) is 0. The molecule has 0 unspecified atom stereocenters. The van der Waals surface area contributed by atoms with Gasteiger partial charge in [-0.05, 0) is 6.42 Å². The van der Waals surface area contributed by atoms with Crippen molar-refractivity contribution in [2.45, 2.75) is 19.8 Å². The monoisotopic (exact) mass is 166 g/mol. The minimum absolute atomic E-state index is 0. The molecular weight excluding hydrogens is 155 g/mol. The molecule has 12 heavy (non-hydrogen) atoms. The Morgan fingerprint density at radius 1 is 1.33 bits per heavy atom. The van der Waals surface area contributed by atoms with Crippen molar-refractivity contribution in [3.63, 3.8) is 0 Å². The first-order chi connectivity index (χ1) is 5.07. The van der Waals surface area contributed by atoms with E-state index < -0.39 is 18.4 Å². The summed E-state index contributed by atoms with van der Waals surface area (Å²) in [4.78, 5) is 20.4. The van der Waals surface area contributed by atoms with Gasteiger partial charge in [-0.3, -0.25) is 4.79 Å². The second-order valence-corrected chi connectivity index (χ2v) is 2.01. The van der Waals surface area contributed by atoms with Crippen LogP contribution in [-0.4, -0.2) is 41.0 Å². The molecule has 0 rings (SSSR count). The van der Waals surface area contributed by atoms with Crippen LogP contribution in [0.1, 0.15) is 19.8 Å². The molecule has 0 atom stereocenters. The van der Waals surface area contributed by atoms with Crippen LogP contribution in [0.4, 0.5) is 0 Å². The van der Waals surface area contributed by atoms with Crippen LogP contribution in [0.25, 0.3) is 0 Å². The Morgan fingerprint density at radius 3 is 2.08 bits per heavy atom. The van der Waals surface area contributed by atoms with Gasteiger partial charge in [0, 0.05) is 5.57 Å². The van der Waals surface area contributed by atoms with Crippen LogP contribution in [0, 0.1) is 0 Å². The first-order valence-electron chi connectivity index (χ1n) is 3.22. The van der Waals surface area contributed by atoms with E-state index in [0.29, 0.717) is 6.42 Å². The molecule has 0 amide bonds. The van der Waals surface area contributed by atoms with Crippen LogP contribution in [0.5, 0.6) is 0 Å². The number of carbonyl (C=O) groups is 2. The summed E-state index contributed by atoms with van der Waals surface area (Å²) in [5, 5.41) is 16.7. The van der Waals surface area contributed by atoms with Gasteiger partial charge in [-0.2, -0.15) is 0 Å². The van der Waals surface area contributed by atoms with E-state index in [1.165, 1.54) is 6.08 Å². The van der Waals surface area contributed by atoms with Crippen LogP contribution in [0.2, 0.25) is 0 Å². The molecule has 0 aliphatic heterocycles. The van der Waals surface area contributed by atoms with Crippen LogP contribution >= 0.6 is 0 Å². The Bertz CT molecular complexity index is 198. The molecule has 0 aliphatic rings. The Kier molecular flexibility index (Phi) is 8.02. The van der Waals surface area contributed by atoms with E-state index in [4.69, 9.17) is 10.2 Å². The van der Waals surface area contributed by atoms with E-state index in [1.807, 2.05) is 0 Å². The van der Waals surface area contributed by atoms with E-state index in [9.17, 15) is 9.59 Å². The van der Waals surface area contributed by atoms with Gasteiger partial charge in [0.25, 0.3) is 0 Å². The summed E-state index contributed by atoms with van der Waals surface area (Å²) >= 11 is 0. The molecule has 64 valence electrons. The van der Waals surface area contributed by atoms with Gasteiger partial charge >= 0.3 is 30.8 Å². The van der Waals surface area contributed by atoms with E-state index in [-0.39, 0.29) is 24.4 Å². The van der Waals surface area contributed by atoms with Crippen molar-refractivity contribution in [1.82, 2.24) is 0 Å². The molecule has 0 bridgehead atoms. The summed E-state index contributed by atoms with van der Waals surface area (Å²) in [5.74, 6) is -2.28. The molecule has 0 aromatic heterocycles. The third-order valence-electron chi connectivity index (χ3n) is 1.07. The molecule has 0 aromatic carbocycles. The zero-order chi connectivity index (χ0) is 8.85. The number of carboxylic acids is 2. The van der Waals surface area contributed by atoms with Crippen molar-refractivity contribution in [2.75, 3.05) is 0 Å². The Morgan fingerprint density at radius 2 is 1.83 bits per heavy atom. The SMILES string of the molecule is CCC=C(CC(=O)O)C(=O)O.[LiH]. The van der Waals surface area contributed by atoms with E-state index in [0.717, 1.165) is 0 Å². The van der Waals surface area contributed by atoms with Gasteiger partial charge in [-0.25, -0.2) is 4.79 Å². The molecule has 0 heterocycles. The molecular formula is C7H11LiO4. The standard InChI is InChI=1S/C7H10O4.Li.H/c1-2-3-5(7(10)11)4-6(8)9;;/h3H,2,4H2,1H3,(H,8,9)(H,10,11);;. The average Bonchev–Trinajstić information content (AvgIpc) is 1.86. The zero-order valence-corrected chi connectivity index (χ0v) is 6.20. The van der Waals surface area contributed by atoms with E-state index in [2.05, 4.69) is 0 Å². The number of rotatable bonds is 4. The fourth-order valence-electron chi connectivity index (χ4n) is 0.644. The molecule has 2 N–H and O–H groups in total. The molecule has 4 nitrogen and oxygen atoms in total. The fraction of sp³-hybridized carbons (Fsp3) is 0.429. The van der Waals surface area contributed by atoms with Crippen molar-refractivity contribution in [3.8, 4) is 0 Å². The van der Waals surface area contributed by atoms with Gasteiger partial charge in [0.1, 0.15) is 0 Å². The third-order valence-corrected chi connectivity index (χ3v) is 1.07. The van der Waals surface area contributed by atoms with Crippen molar-refractivity contribution >= 4 is 30.8 Å². The van der Waals surface area contributed by atoms with Crippen molar-refractivity contribution < 1.29 is 19.8 Å². The summed E-state index contributed by atoms with van der Waals surface area (Å²) in [6.45, 7) is 1.75. The van der Waals surface area contributed by atoms with Gasteiger partial charge in [0.15, 0.2) is 0 Å². The summed E-state index contributed by atoms with van der Waals surface area (Å²) in [5.41, 5.74) is -0.0556. The van der Waals surface area contributed by atoms with Gasteiger partial charge in [-0.1, -0.05) is 13.0 Å². The van der Waals surface area contributed by atoms with Crippen LogP contribution in [0.3, 0.4) is 0 Å². The minimum atomic E-state index is -1.16. The maximum absolute atomic E-state index is 10.3. The Hall–Kier alpha value is -0.723. The molecule has 0 radical (unpaired) electrons. The van der Waals surface area contributed by atoms with Crippen LogP contribution in [-0.2, 0) is 9.59 Å². The van der Waals surface area contributed by atoms with Crippen LogP contribution < -0.4 is 0 Å². The second kappa shape index (κ2) is 6.96. The average molecular weight is 166 g/mol. The summed E-state index contributed by atoms with van der Waals surface area (Å²) in [7, 11) is 0. The van der Waals surface area contributed by atoms with Crippen molar-refractivity contribution in [3.05, 3.63) is 11.6 Å². The molecule has 0 aliphatic carbocycles. The van der Waals surface area contributed by atoms with E-state index in [1.54, 1.807) is 6.92 Å². The quantitative estimate of drug-likeness (QED) is 0.463. The molecule has 5 heteroatoms. The van der Waals surface area contributed by atoms with Gasteiger partial charge in [0.2, 0.25) is 0 Å². The number of carboxylic acid groups (broad SMARTS) is 2. The zero-order valence-electron chi connectivity index (χ0n) is 6.20. The molecule has 0 saturated heterocycles. The third kappa shape index (κ3) is 6.02. The number of hydrogen-bond donors (Lipinski definition) is 2. The van der Waals surface area contributed by atoms with Gasteiger partial charge < -0.3 is 10.2 Å². The maximum atomic E-state index is 10.3. The number of hydrogen-bond acceptors (Lipinski definition) is 2. The number of aliphatic carboxylic acids is 2. The van der Waals surface area contributed by atoms with Gasteiger partial charge in [0.05, 0.1) is 6.42 Å². The van der Waals surface area contributed by atoms with Crippen molar-refractivity contribution in [1.29, 1.82) is 0 Å². The van der Waals surface area contributed by atoms with Crippen LogP contribution in [0.15, 0.2) is 11.6 Å². The normalized spacial score (nSPS) is 10.2. The molecule has 0 saturated carbocycles. The predicted octanol–water partition coefficient (Wildman–Crippen LogP) is 0.234. The Labute approximate surface area is 82.4 Å². The number of allylic oxidation sites excluding steroid dienone is 1. The van der Waals surface area contributed by atoms with Gasteiger partial charge in [-0.15, -0.1) is 0 Å². The topological polar surface area (TPSA) is 74.6 Å².